The van der Waals surface area contributed by atoms with Gasteiger partial charge in [-0.15, -0.1) is 0 Å². The standard InChI is InChI=1S/C15H12FN3O2S/c16-13-4-2-1-3-12(13)14(20)21-11-7-5-10(6-8-11)9-18-19-15(17)22/h1-9H,(H3,17,19,22). The second-order valence-corrected chi connectivity index (χ2v) is 4.61. The number of nitrogens with zero attached hydrogens (tertiary/aromatic N) is 1. The lowest BCUT2D eigenvalue weighted by molar-refractivity contribution is 0.0730. The van der Waals surface area contributed by atoms with Gasteiger partial charge in [-0.1, -0.05) is 12.1 Å². The molecule has 22 heavy (non-hydrogen) atoms. The van der Waals surface area contributed by atoms with Crippen LogP contribution in [0.1, 0.15) is 15.9 Å². The molecule has 0 bridgehead atoms. The van der Waals surface area contributed by atoms with E-state index in [2.05, 4.69) is 22.7 Å². The first-order valence-electron chi connectivity index (χ1n) is 6.21. The molecule has 0 saturated heterocycles. The van der Waals surface area contributed by atoms with Gasteiger partial charge >= 0.3 is 5.97 Å². The van der Waals surface area contributed by atoms with Gasteiger partial charge in [0, 0.05) is 0 Å². The number of ether oxygens (including phenoxy) is 1. The van der Waals surface area contributed by atoms with E-state index in [0.29, 0.717) is 5.75 Å². The third-order valence-corrected chi connectivity index (χ3v) is 2.66. The molecule has 2 aromatic rings. The number of hydrazone groups is 1. The highest BCUT2D eigenvalue weighted by Crippen LogP contribution is 2.15. The van der Waals surface area contributed by atoms with Crippen LogP contribution in [0.25, 0.3) is 0 Å². The Morgan fingerprint density at radius 1 is 1.23 bits per heavy atom. The van der Waals surface area contributed by atoms with Crippen LogP contribution in [0.15, 0.2) is 53.6 Å². The summed E-state index contributed by atoms with van der Waals surface area (Å²) >= 11 is 4.60. The van der Waals surface area contributed by atoms with Crippen molar-refractivity contribution in [3.63, 3.8) is 0 Å². The van der Waals surface area contributed by atoms with Gasteiger partial charge in [0.05, 0.1) is 11.8 Å². The van der Waals surface area contributed by atoms with Crippen LogP contribution in [0.3, 0.4) is 0 Å². The van der Waals surface area contributed by atoms with Crippen LogP contribution in [0, 0.1) is 5.82 Å². The molecule has 0 fully saturated rings. The summed E-state index contributed by atoms with van der Waals surface area (Å²) in [6.45, 7) is 0. The minimum Gasteiger partial charge on any atom is -0.423 e. The summed E-state index contributed by atoms with van der Waals surface area (Å²) in [6, 6.07) is 12.1. The van der Waals surface area contributed by atoms with Crippen molar-refractivity contribution in [1.82, 2.24) is 5.43 Å². The number of rotatable bonds is 4. The Kier molecular flexibility index (Phi) is 5.16. The third kappa shape index (κ3) is 4.35. The summed E-state index contributed by atoms with van der Waals surface area (Å²) in [5.74, 6) is -1.08. The van der Waals surface area contributed by atoms with Crippen LogP contribution in [0.4, 0.5) is 4.39 Å². The Labute approximate surface area is 131 Å². The van der Waals surface area contributed by atoms with E-state index in [-0.39, 0.29) is 10.7 Å². The maximum Gasteiger partial charge on any atom is 0.346 e. The highest BCUT2D eigenvalue weighted by Gasteiger charge is 2.12. The highest BCUT2D eigenvalue weighted by molar-refractivity contribution is 7.80. The highest BCUT2D eigenvalue weighted by atomic mass is 32.1. The van der Waals surface area contributed by atoms with E-state index >= 15 is 0 Å². The number of esters is 1. The van der Waals surface area contributed by atoms with Gasteiger partial charge in [0.1, 0.15) is 11.6 Å². The molecule has 5 nitrogen and oxygen atoms in total. The number of hydrogen-bond acceptors (Lipinski definition) is 4. The lowest BCUT2D eigenvalue weighted by Gasteiger charge is -2.05. The summed E-state index contributed by atoms with van der Waals surface area (Å²) < 4.78 is 18.6. The second kappa shape index (κ2) is 7.28. The first-order chi connectivity index (χ1) is 10.6. The molecule has 0 unspecified atom stereocenters. The Bertz CT molecular complexity index is 717. The van der Waals surface area contributed by atoms with Gasteiger partial charge in [0.2, 0.25) is 0 Å². The molecule has 0 heterocycles. The molecule has 0 saturated carbocycles. The Balaban J connectivity index is 2.02. The van der Waals surface area contributed by atoms with Crippen LogP contribution >= 0.6 is 12.2 Å². The quantitative estimate of drug-likeness (QED) is 0.297. The molecule has 3 N–H and O–H groups in total. The molecule has 0 spiro atoms. The first-order valence-corrected chi connectivity index (χ1v) is 6.62. The van der Waals surface area contributed by atoms with Gasteiger partial charge < -0.3 is 10.5 Å². The van der Waals surface area contributed by atoms with Gasteiger partial charge in [-0.2, -0.15) is 5.10 Å². The molecule has 2 rings (SSSR count). The van der Waals surface area contributed by atoms with Crippen molar-refractivity contribution in [2.24, 2.45) is 10.8 Å². The van der Waals surface area contributed by atoms with Gasteiger partial charge in [-0.25, -0.2) is 9.18 Å². The van der Waals surface area contributed by atoms with Crippen molar-refractivity contribution in [2.45, 2.75) is 0 Å². The number of thiocarbonyl (C=S) groups is 1. The Hall–Kier alpha value is -2.80. The van der Waals surface area contributed by atoms with Crippen molar-refractivity contribution >= 4 is 29.5 Å². The number of nitrogens with one attached hydrogen (secondary N) is 1. The van der Waals surface area contributed by atoms with E-state index in [0.717, 1.165) is 5.56 Å². The first kappa shape index (κ1) is 15.6. The Morgan fingerprint density at radius 2 is 1.91 bits per heavy atom. The van der Waals surface area contributed by atoms with Crippen molar-refractivity contribution in [3.8, 4) is 5.75 Å². The van der Waals surface area contributed by atoms with Gasteiger partial charge in [0.15, 0.2) is 5.11 Å². The largest absolute Gasteiger partial charge is 0.423 e. The van der Waals surface area contributed by atoms with Crippen molar-refractivity contribution in [2.75, 3.05) is 0 Å². The molecule has 2 aromatic carbocycles. The minimum absolute atomic E-state index is 0.0617. The number of hydrogen-bond donors (Lipinski definition) is 2. The monoisotopic (exact) mass is 317 g/mol. The lowest BCUT2D eigenvalue weighted by atomic mass is 10.2. The van der Waals surface area contributed by atoms with Crippen LogP contribution in [0.5, 0.6) is 5.75 Å². The average molecular weight is 317 g/mol. The Morgan fingerprint density at radius 3 is 2.55 bits per heavy atom. The van der Waals surface area contributed by atoms with E-state index in [9.17, 15) is 9.18 Å². The van der Waals surface area contributed by atoms with Crippen molar-refractivity contribution in [1.29, 1.82) is 0 Å². The smallest absolute Gasteiger partial charge is 0.346 e. The molecule has 0 atom stereocenters. The molecular formula is C15H12FN3O2S. The van der Waals surface area contributed by atoms with Crippen molar-refractivity contribution < 1.29 is 13.9 Å². The predicted octanol–water partition coefficient (Wildman–Crippen LogP) is 2.21. The van der Waals surface area contributed by atoms with Gasteiger partial charge in [0.25, 0.3) is 0 Å². The molecule has 0 aromatic heterocycles. The number of nitrogens with two attached hydrogens (primary N) is 1. The number of halogens is 1. The predicted molar refractivity (Wildman–Crippen MR) is 85.3 cm³/mol. The third-order valence-electron chi connectivity index (χ3n) is 2.57. The SMILES string of the molecule is NC(=S)NN=Cc1ccc(OC(=O)c2ccccc2F)cc1. The molecular weight excluding hydrogens is 305 g/mol. The maximum atomic E-state index is 13.5. The van der Waals surface area contributed by atoms with Crippen molar-refractivity contribution in [3.05, 3.63) is 65.5 Å². The van der Waals surface area contributed by atoms with Crippen LogP contribution in [0.2, 0.25) is 0 Å². The van der Waals surface area contributed by atoms with Gasteiger partial charge in [-0.05, 0) is 54.2 Å². The second-order valence-electron chi connectivity index (χ2n) is 4.17. The van der Waals surface area contributed by atoms with Gasteiger partial charge in [-0.3, -0.25) is 5.43 Å². The fraction of sp³-hybridized carbons (Fsp3) is 0. The number of carbonyl (C=O) groups excluding carboxylic acids is 1. The van der Waals surface area contributed by atoms with Crippen LogP contribution < -0.4 is 15.9 Å². The van der Waals surface area contributed by atoms with Crippen LogP contribution in [-0.4, -0.2) is 17.3 Å². The minimum atomic E-state index is -0.755. The fourth-order valence-corrected chi connectivity index (χ4v) is 1.63. The molecule has 0 amide bonds. The van der Waals surface area contributed by atoms with E-state index in [1.807, 2.05) is 0 Å². The van der Waals surface area contributed by atoms with E-state index in [4.69, 9.17) is 10.5 Å². The molecule has 7 heteroatoms. The lowest BCUT2D eigenvalue weighted by Crippen LogP contribution is -2.23. The molecule has 0 radical (unpaired) electrons. The molecule has 112 valence electrons. The summed E-state index contributed by atoms with van der Waals surface area (Å²) in [4.78, 5) is 11.8. The summed E-state index contributed by atoms with van der Waals surface area (Å²) in [6.07, 6.45) is 1.50. The van der Waals surface area contributed by atoms with Crippen LogP contribution in [-0.2, 0) is 0 Å². The summed E-state index contributed by atoms with van der Waals surface area (Å²) in [7, 11) is 0. The molecule has 0 aliphatic heterocycles. The maximum absolute atomic E-state index is 13.5. The van der Waals surface area contributed by atoms with E-state index < -0.39 is 11.8 Å². The van der Waals surface area contributed by atoms with E-state index in [1.165, 1.54) is 24.4 Å². The molecule has 0 aliphatic rings. The zero-order chi connectivity index (χ0) is 15.9. The zero-order valence-electron chi connectivity index (χ0n) is 11.3. The normalized spacial score (nSPS) is 10.4. The fourth-order valence-electron chi connectivity index (χ4n) is 1.58. The van der Waals surface area contributed by atoms with E-state index in [1.54, 1.807) is 30.3 Å². The summed E-state index contributed by atoms with van der Waals surface area (Å²) in [5.41, 5.74) is 8.27. The zero-order valence-corrected chi connectivity index (χ0v) is 12.1. The summed E-state index contributed by atoms with van der Waals surface area (Å²) in [5, 5.41) is 3.85. The number of benzene rings is 2. The average Bonchev–Trinajstić information content (AvgIpc) is 2.49. The molecule has 0 aliphatic carbocycles. The topological polar surface area (TPSA) is 76.7 Å². The number of carbonyl (C=O) groups is 1.